The third kappa shape index (κ3) is 4.36. The lowest BCUT2D eigenvalue weighted by Crippen LogP contribution is -2.08. The Morgan fingerprint density at radius 1 is 1.50 bits per heavy atom. The van der Waals surface area contributed by atoms with Crippen molar-refractivity contribution in [1.29, 1.82) is 0 Å². The van der Waals surface area contributed by atoms with Crippen LogP contribution in [-0.4, -0.2) is 24.7 Å². The highest BCUT2D eigenvalue weighted by molar-refractivity contribution is 7.13. The number of anilines is 1. The summed E-state index contributed by atoms with van der Waals surface area (Å²) in [5, 5.41) is 4.12. The number of ether oxygens (including phenoxy) is 1. The quantitative estimate of drug-likeness (QED) is 0.792. The molecule has 0 amide bonds. The van der Waals surface area contributed by atoms with Crippen LogP contribution in [0.4, 0.5) is 18.3 Å². The molecule has 0 saturated carbocycles. The smallest absolute Gasteiger partial charge is 0.382 e. The van der Waals surface area contributed by atoms with Crippen molar-refractivity contribution < 1.29 is 17.9 Å². The Labute approximate surface area is 95.6 Å². The van der Waals surface area contributed by atoms with E-state index in [0.717, 1.165) is 23.1 Å². The molecule has 0 unspecified atom stereocenters. The van der Waals surface area contributed by atoms with Gasteiger partial charge in [0.1, 0.15) is 0 Å². The molecule has 1 N–H and O–H groups in total. The van der Waals surface area contributed by atoms with E-state index in [1.165, 1.54) is 0 Å². The molecule has 1 aromatic rings. The second-order valence-electron chi connectivity index (χ2n) is 3.01. The zero-order valence-electron chi connectivity index (χ0n) is 8.80. The van der Waals surface area contributed by atoms with Gasteiger partial charge in [-0.25, -0.2) is 4.98 Å². The van der Waals surface area contributed by atoms with Crippen molar-refractivity contribution in [2.24, 2.45) is 0 Å². The average molecular weight is 254 g/mol. The standard InChI is InChI=1S/C9H13F3N2OS/c1-2-15-5-3-4-13-8-14-7(6-16-8)9(10,11)12/h6H,2-5H2,1H3,(H,13,14). The van der Waals surface area contributed by atoms with Gasteiger partial charge in [0.25, 0.3) is 0 Å². The Morgan fingerprint density at radius 2 is 2.25 bits per heavy atom. The summed E-state index contributed by atoms with van der Waals surface area (Å²) in [5.74, 6) is 0. The SMILES string of the molecule is CCOCCCNc1nc(C(F)(F)F)cs1. The number of nitrogens with one attached hydrogen (secondary N) is 1. The predicted octanol–water partition coefficient (Wildman–Crippen LogP) is 3.00. The normalized spacial score (nSPS) is 11.8. The van der Waals surface area contributed by atoms with Gasteiger partial charge in [-0.1, -0.05) is 0 Å². The Kier molecular flexibility index (Phi) is 5.01. The Hall–Kier alpha value is -0.820. The molecule has 0 fully saturated rings. The van der Waals surface area contributed by atoms with Crippen molar-refractivity contribution in [1.82, 2.24) is 4.98 Å². The highest BCUT2D eigenvalue weighted by Gasteiger charge is 2.33. The first kappa shape index (κ1) is 13.2. The molecule has 1 heterocycles. The maximum Gasteiger partial charge on any atom is 0.434 e. The number of hydrogen-bond donors (Lipinski definition) is 1. The topological polar surface area (TPSA) is 34.1 Å². The van der Waals surface area contributed by atoms with Crippen molar-refractivity contribution in [2.45, 2.75) is 19.5 Å². The van der Waals surface area contributed by atoms with Crippen LogP contribution in [0.25, 0.3) is 0 Å². The third-order valence-electron chi connectivity index (χ3n) is 1.74. The van der Waals surface area contributed by atoms with Gasteiger partial charge in [-0.3, -0.25) is 0 Å². The average Bonchev–Trinajstić information content (AvgIpc) is 2.65. The molecule has 1 rings (SSSR count). The van der Waals surface area contributed by atoms with Crippen LogP contribution in [-0.2, 0) is 10.9 Å². The number of hydrogen-bond acceptors (Lipinski definition) is 4. The monoisotopic (exact) mass is 254 g/mol. The van der Waals surface area contributed by atoms with Crippen LogP contribution in [0.15, 0.2) is 5.38 Å². The molecule has 0 saturated heterocycles. The molecule has 3 nitrogen and oxygen atoms in total. The lowest BCUT2D eigenvalue weighted by Gasteiger charge is -2.03. The van der Waals surface area contributed by atoms with E-state index in [2.05, 4.69) is 10.3 Å². The van der Waals surface area contributed by atoms with Crippen LogP contribution < -0.4 is 5.32 Å². The molecule has 0 aliphatic rings. The van der Waals surface area contributed by atoms with E-state index in [4.69, 9.17) is 4.74 Å². The lowest BCUT2D eigenvalue weighted by atomic mass is 10.4. The fraction of sp³-hybridized carbons (Fsp3) is 0.667. The molecule has 0 atom stereocenters. The zero-order valence-corrected chi connectivity index (χ0v) is 9.62. The van der Waals surface area contributed by atoms with Gasteiger partial charge < -0.3 is 10.1 Å². The summed E-state index contributed by atoms with van der Waals surface area (Å²) >= 11 is 0.957. The second-order valence-corrected chi connectivity index (χ2v) is 3.87. The van der Waals surface area contributed by atoms with Gasteiger partial charge in [0.05, 0.1) is 0 Å². The van der Waals surface area contributed by atoms with Crippen LogP contribution in [0.2, 0.25) is 0 Å². The highest BCUT2D eigenvalue weighted by Crippen LogP contribution is 2.31. The van der Waals surface area contributed by atoms with Gasteiger partial charge in [0.2, 0.25) is 0 Å². The molecule has 0 aliphatic carbocycles. The fourth-order valence-electron chi connectivity index (χ4n) is 0.999. The van der Waals surface area contributed by atoms with Gasteiger partial charge in [0, 0.05) is 25.1 Å². The van der Waals surface area contributed by atoms with E-state index in [9.17, 15) is 13.2 Å². The number of thiazole rings is 1. The summed E-state index contributed by atoms with van der Waals surface area (Å²) in [5.41, 5.74) is -0.843. The number of halogens is 3. The first-order valence-corrected chi connectivity index (χ1v) is 5.76. The van der Waals surface area contributed by atoms with Crippen LogP contribution in [0.5, 0.6) is 0 Å². The number of nitrogens with zero attached hydrogens (tertiary/aromatic N) is 1. The minimum Gasteiger partial charge on any atom is -0.382 e. The molecule has 0 aromatic carbocycles. The van der Waals surface area contributed by atoms with Crippen LogP contribution in [0.1, 0.15) is 19.0 Å². The molecular weight excluding hydrogens is 241 g/mol. The molecular formula is C9H13F3N2OS. The van der Waals surface area contributed by atoms with Crippen molar-refractivity contribution in [3.8, 4) is 0 Å². The van der Waals surface area contributed by atoms with Crippen molar-refractivity contribution >= 4 is 16.5 Å². The highest BCUT2D eigenvalue weighted by atomic mass is 32.1. The van der Waals surface area contributed by atoms with E-state index in [1.54, 1.807) is 0 Å². The van der Waals surface area contributed by atoms with Gasteiger partial charge in [-0.15, -0.1) is 11.3 Å². The summed E-state index contributed by atoms with van der Waals surface area (Å²) < 4.78 is 41.7. The Balaban J connectivity index is 2.30. The minimum atomic E-state index is -4.36. The summed E-state index contributed by atoms with van der Waals surface area (Å²) in [7, 11) is 0. The molecule has 16 heavy (non-hydrogen) atoms. The van der Waals surface area contributed by atoms with E-state index >= 15 is 0 Å². The molecule has 92 valence electrons. The lowest BCUT2D eigenvalue weighted by molar-refractivity contribution is -0.140. The van der Waals surface area contributed by atoms with Crippen molar-refractivity contribution in [3.05, 3.63) is 11.1 Å². The van der Waals surface area contributed by atoms with Gasteiger partial charge >= 0.3 is 6.18 Å². The zero-order chi connectivity index (χ0) is 12.0. The first-order valence-electron chi connectivity index (χ1n) is 4.88. The maximum absolute atomic E-state index is 12.2. The van der Waals surface area contributed by atoms with Crippen molar-refractivity contribution in [3.63, 3.8) is 0 Å². The largest absolute Gasteiger partial charge is 0.434 e. The summed E-state index contributed by atoms with van der Waals surface area (Å²) in [4.78, 5) is 3.44. The van der Waals surface area contributed by atoms with Gasteiger partial charge in [-0.05, 0) is 13.3 Å². The summed E-state index contributed by atoms with van der Waals surface area (Å²) in [6.07, 6.45) is -3.61. The number of rotatable bonds is 6. The van der Waals surface area contributed by atoms with E-state index in [0.29, 0.717) is 24.9 Å². The molecule has 0 spiro atoms. The van der Waals surface area contributed by atoms with Crippen LogP contribution in [0.3, 0.4) is 0 Å². The van der Waals surface area contributed by atoms with E-state index < -0.39 is 11.9 Å². The maximum atomic E-state index is 12.2. The van der Waals surface area contributed by atoms with Crippen molar-refractivity contribution in [2.75, 3.05) is 25.1 Å². The summed E-state index contributed by atoms with van der Waals surface area (Å²) in [6.45, 7) is 3.70. The third-order valence-corrected chi connectivity index (χ3v) is 2.54. The molecule has 1 aromatic heterocycles. The van der Waals surface area contributed by atoms with Gasteiger partial charge in [-0.2, -0.15) is 13.2 Å². The number of aromatic nitrogens is 1. The fourth-order valence-corrected chi connectivity index (χ4v) is 1.75. The predicted molar refractivity (Wildman–Crippen MR) is 56.7 cm³/mol. The minimum absolute atomic E-state index is 0.295. The second kappa shape index (κ2) is 6.05. The van der Waals surface area contributed by atoms with E-state index in [1.807, 2.05) is 6.92 Å². The van der Waals surface area contributed by atoms with Crippen LogP contribution >= 0.6 is 11.3 Å². The number of alkyl halides is 3. The molecule has 0 bridgehead atoms. The van der Waals surface area contributed by atoms with E-state index in [-0.39, 0.29) is 0 Å². The summed E-state index contributed by atoms with van der Waals surface area (Å²) in [6, 6.07) is 0. The molecule has 0 aliphatic heterocycles. The Bertz CT molecular complexity index is 314. The van der Waals surface area contributed by atoms with Crippen LogP contribution in [0, 0.1) is 0 Å². The van der Waals surface area contributed by atoms with Gasteiger partial charge in [0.15, 0.2) is 10.8 Å². The Morgan fingerprint density at radius 3 is 2.81 bits per heavy atom. The molecule has 0 radical (unpaired) electrons. The first-order chi connectivity index (χ1) is 7.54. The molecule has 7 heteroatoms.